The molecule has 2 aromatic carbocycles. The highest BCUT2D eigenvalue weighted by molar-refractivity contribution is 8.02. The summed E-state index contributed by atoms with van der Waals surface area (Å²) in [5.41, 5.74) is 2.25. The van der Waals surface area contributed by atoms with E-state index in [-0.39, 0.29) is 42.0 Å². The number of aryl methyl sites for hydroxylation is 1. The highest BCUT2D eigenvalue weighted by atomic mass is 35.5. The van der Waals surface area contributed by atoms with Crippen LogP contribution in [0.2, 0.25) is 5.02 Å². The molecule has 45 heavy (non-hydrogen) atoms. The van der Waals surface area contributed by atoms with E-state index in [0.29, 0.717) is 36.6 Å². The Bertz CT molecular complexity index is 1420. The molecule has 0 radical (unpaired) electrons. The molecule has 6 atom stereocenters. The number of fused-ring (bicyclic) bond motifs is 1. The average molecular weight is 650 g/mol. The number of aliphatic hydroxyl groups is 1. The third-order valence-electron chi connectivity index (χ3n) is 9.75. The molecule has 2 aromatic rings. The molecule has 0 aromatic heterocycles. The van der Waals surface area contributed by atoms with Gasteiger partial charge in [-0.1, -0.05) is 73.9 Å². The van der Waals surface area contributed by atoms with Crippen molar-refractivity contribution in [2.45, 2.75) is 62.0 Å². The molecule has 3 saturated heterocycles. The number of unbranched alkanes of at least 4 members (excludes halogenated alkanes) is 3. The Morgan fingerprint density at radius 3 is 2.38 bits per heavy atom. The van der Waals surface area contributed by atoms with E-state index in [1.165, 1.54) is 0 Å². The Morgan fingerprint density at radius 1 is 1.02 bits per heavy atom. The van der Waals surface area contributed by atoms with Crippen molar-refractivity contribution in [2.24, 2.45) is 17.8 Å². The van der Waals surface area contributed by atoms with E-state index < -0.39 is 22.6 Å². The van der Waals surface area contributed by atoms with Gasteiger partial charge in [0.15, 0.2) is 0 Å². The molecule has 1 spiro atoms. The summed E-state index contributed by atoms with van der Waals surface area (Å²) in [6, 6.07) is 14.3. The first-order chi connectivity index (χ1) is 21.7. The third-order valence-corrected chi connectivity index (χ3v) is 12.1. The number of thioether (sulfide) groups is 1. The lowest BCUT2D eigenvalue weighted by molar-refractivity contribution is -0.139. The first-order valence-corrected chi connectivity index (χ1v) is 17.2. The van der Waals surface area contributed by atoms with Crippen LogP contribution in [0.25, 0.3) is 0 Å². The molecule has 240 valence electrons. The Hall–Kier alpha value is -3.07. The number of aliphatic hydroxyl groups excluding tert-OH is 1. The second-order valence-electron chi connectivity index (χ2n) is 12.4. The van der Waals surface area contributed by atoms with Crippen LogP contribution in [-0.2, 0) is 14.4 Å². The summed E-state index contributed by atoms with van der Waals surface area (Å²) in [5, 5.41) is 9.67. The summed E-state index contributed by atoms with van der Waals surface area (Å²) >= 11 is 8.40. The van der Waals surface area contributed by atoms with Crippen LogP contribution in [0.4, 0.5) is 11.4 Å². The minimum atomic E-state index is -0.755. The lowest BCUT2D eigenvalue weighted by Crippen LogP contribution is -2.58. The molecule has 3 fully saturated rings. The summed E-state index contributed by atoms with van der Waals surface area (Å²) in [7, 11) is 0. The summed E-state index contributed by atoms with van der Waals surface area (Å²) in [6.45, 7) is 13.0. The number of para-hydroxylation sites is 2. The van der Waals surface area contributed by atoms with Crippen molar-refractivity contribution in [1.82, 2.24) is 4.90 Å². The van der Waals surface area contributed by atoms with Crippen molar-refractivity contribution in [2.75, 3.05) is 36.0 Å². The van der Waals surface area contributed by atoms with Gasteiger partial charge in [0.25, 0.3) is 5.91 Å². The van der Waals surface area contributed by atoms with Gasteiger partial charge in [-0.15, -0.1) is 24.9 Å². The number of carbonyl (C=O) groups excluding carboxylic acids is 3. The second-order valence-corrected chi connectivity index (χ2v) is 14.4. The number of rotatable bonds is 14. The maximum Gasteiger partial charge on any atom is 0.251 e. The molecule has 1 N–H and O–H groups in total. The summed E-state index contributed by atoms with van der Waals surface area (Å²) < 4.78 is -0.755. The minimum Gasteiger partial charge on any atom is -0.396 e. The van der Waals surface area contributed by atoms with Crippen LogP contribution in [-0.4, -0.2) is 70.0 Å². The van der Waals surface area contributed by atoms with Crippen molar-refractivity contribution >= 4 is 52.5 Å². The van der Waals surface area contributed by atoms with Crippen molar-refractivity contribution in [3.05, 3.63) is 84.4 Å². The number of carbonyl (C=O) groups is 3. The average Bonchev–Trinajstić information content (AvgIpc) is 3.62. The number of halogens is 1. The number of likely N-dealkylation sites (tertiary alicyclic amines) is 1. The number of nitrogens with zero attached hydrogens (tertiary/aromatic N) is 3. The van der Waals surface area contributed by atoms with Crippen LogP contribution in [0.3, 0.4) is 0 Å². The van der Waals surface area contributed by atoms with Crippen molar-refractivity contribution in [3.63, 3.8) is 0 Å². The Balaban J connectivity index is 1.58. The van der Waals surface area contributed by atoms with Gasteiger partial charge >= 0.3 is 0 Å². The molecule has 3 amide bonds. The zero-order chi connectivity index (χ0) is 32.3. The van der Waals surface area contributed by atoms with Crippen molar-refractivity contribution in [3.8, 4) is 0 Å². The fraction of sp³-hybridized carbons (Fsp3) is 0.472. The van der Waals surface area contributed by atoms with Gasteiger partial charge in [-0.25, -0.2) is 0 Å². The van der Waals surface area contributed by atoms with E-state index in [2.05, 4.69) is 20.1 Å². The van der Waals surface area contributed by atoms with Crippen LogP contribution in [0, 0.1) is 24.7 Å². The molecule has 3 aliphatic rings. The van der Waals surface area contributed by atoms with E-state index >= 15 is 4.79 Å². The Labute approximate surface area is 276 Å². The van der Waals surface area contributed by atoms with Gasteiger partial charge in [0, 0.05) is 37.2 Å². The highest BCUT2D eigenvalue weighted by Crippen LogP contribution is 2.69. The van der Waals surface area contributed by atoms with E-state index in [0.717, 1.165) is 30.5 Å². The molecular formula is C36H44ClN3O4S. The third kappa shape index (κ3) is 5.85. The standard InChI is InChI=1S/C36H44ClN3O4S/c1-5-19-38(26-16-10-9-11-17-26)33(42)29-28-23-25(4)36(45-28)30(29)34(43)40(21-12-7-8-13-22-41)32(36)35(44)39(20-6-2)31-24(3)15-14-18-27(31)37/h5-6,9-11,14-18,25,28-30,32,41H,1-2,7-8,12-13,19-23H2,3-4H3/t25?,28-,29+,30-,32?,36?/m0/s1. The van der Waals surface area contributed by atoms with Gasteiger partial charge in [-0.2, -0.15) is 0 Å². The quantitative estimate of drug-likeness (QED) is 0.193. The lowest BCUT2D eigenvalue weighted by Gasteiger charge is -2.41. The minimum absolute atomic E-state index is 0.0429. The second kappa shape index (κ2) is 14.1. The molecule has 7 nitrogen and oxygen atoms in total. The number of anilines is 2. The zero-order valence-corrected chi connectivity index (χ0v) is 27.8. The van der Waals surface area contributed by atoms with Crippen LogP contribution < -0.4 is 9.80 Å². The highest BCUT2D eigenvalue weighted by Gasteiger charge is 2.76. The summed E-state index contributed by atoms with van der Waals surface area (Å²) in [5.74, 6) is -1.52. The predicted octanol–water partition coefficient (Wildman–Crippen LogP) is 6.28. The maximum absolute atomic E-state index is 15.0. The van der Waals surface area contributed by atoms with E-state index in [1.807, 2.05) is 49.4 Å². The number of hydrogen-bond acceptors (Lipinski definition) is 5. The largest absolute Gasteiger partial charge is 0.396 e. The van der Waals surface area contributed by atoms with Gasteiger partial charge in [0.1, 0.15) is 6.04 Å². The SMILES string of the molecule is C=CCN(C(=O)[C@@H]1[C@@H]2CC(C)C3(S2)C(C(=O)N(CC=C)c2c(C)cccc2Cl)N(CCCCCCO)C(=O)[C@H]13)c1ccccc1. The van der Waals surface area contributed by atoms with Crippen LogP contribution in [0.1, 0.15) is 44.6 Å². The topological polar surface area (TPSA) is 81.2 Å². The van der Waals surface area contributed by atoms with Gasteiger partial charge < -0.3 is 19.8 Å². The molecule has 0 aliphatic carbocycles. The molecule has 3 unspecified atom stereocenters. The molecule has 3 heterocycles. The molecule has 9 heteroatoms. The fourth-order valence-electron chi connectivity index (χ4n) is 7.84. The van der Waals surface area contributed by atoms with Crippen LogP contribution in [0.5, 0.6) is 0 Å². The normalized spacial score (nSPS) is 26.5. The molecule has 2 bridgehead atoms. The number of hydrogen-bond donors (Lipinski definition) is 1. The van der Waals surface area contributed by atoms with Crippen molar-refractivity contribution in [1.29, 1.82) is 0 Å². The van der Waals surface area contributed by atoms with Crippen LogP contribution >= 0.6 is 23.4 Å². The summed E-state index contributed by atoms with van der Waals surface area (Å²) in [6.07, 6.45) is 7.23. The van der Waals surface area contributed by atoms with E-state index in [9.17, 15) is 14.7 Å². The number of amides is 3. The van der Waals surface area contributed by atoms with Gasteiger partial charge in [-0.05, 0) is 55.9 Å². The van der Waals surface area contributed by atoms with Gasteiger partial charge in [0.05, 0.1) is 27.3 Å². The molecule has 0 saturated carbocycles. The Morgan fingerprint density at radius 2 is 1.71 bits per heavy atom. The Kier molecular flexibility index (Phi) is 10.5. The predicted molar refractivity (Wildman–Crippen MR) is 184 cm³/mol. The van der Waals surface area contributed by atoms with E-state index in [4.69, 9.17) is 11.6 Å². The maximum atomic E-state index is 15.0. The molecule has 3 aliphatic heterocycles. The first kappa shape index (κ1) is 33.3. The van der Waals surface area contributed by atoms with Crippen molar-refractivity contribution < 1.29 is 19.5 Å². The monoisotopic (exact) mass is 649 g/mol. The smallest absolute Gasteiger partial charge is 0.251 e. The van der Waals surface area contributed by atoms with Gasteiger partial charge in [0.2, 0.25) is 11.8 Å². The molecular weight excluding hydrogens is 606 g/mol. The number of benzene rings is 2. The van der Waals surface area contributed by atoms with Gasteiger partial charge in [-0.3, -0.25) is 14.4 Å². The lowest BCUT2D eigenvalue weighted by atomic mass is 9.65. The van der Waals surface area contributed by atoms with Crippen LogP contribution in [0.15, 0.2) is 73.8 Å². The fourth-order valence-corrected chi connectivity index (χ4v) is 10.6. The zero-order valence-electron chi connectivity index (χ0n) is 26.2. The summed E-state index contributed by atoms with van der Waals surface area (Å²) in [4.78, 5) is 49.4. The first-order valence-electron chi connectivity index (χ1n) is 16.0. The van der Waals surface area contributed by atoms with E-state index in [1.54, 1.807) is 44.7 Å². The molecule has 5 rings (SSSR count).